The number of anilines is 1. The highest BCUT2D eigenvalue weighted by atomic mass is 32.2. The third kappa shape index (κ3) is 4.82. The average Bonchev–Trinajstić information content (AvgIpc) is 2.24. The van der Waals surface area contributed by atoms with Gasteiger partial charge in [-0.25, -0.2) is 18.4 Å². The van der Waals surface area contributed by atoms with Gasteiger partial charge >= 0.3 is 6.09 Å². The number of carbonyl (C=O) groups is 1. The zero-order valence-corrected chi connectivity index (χ0v) is 12.9. The summed E-state index contributed by atoms with van der Waals surface area (Å²) in [6, 6.07) is 4.36. The lowest BCUT2D eigenvalue weighted by Gasteiger charge is -2.20. The van der Waals surface area contributed by atoms with Gasteiger partial charge in [-0.3, -0.25) is 5.32 Å². The molecule has 1 amide bonds. The first-order chi connectivity index (χ1) is 9.03. The lowest BCUT2D eigenvalue weighted by Crippen LogP contribution is -2.27. The van der Waals surface area contributed by atoms with E-state index in [2.05, 4.69) is 5.32 Å². The lowest BCUT2D eigenvalue weighted by atomic mass is 10.1. The molecular formula is C13H20N2O4S. The molecule has 0 aliphatic carbocycles. The predicted octanol–water partition coefficient (Wildman–Crippen LogP) is 2.24. The molecule has 0 aliphatic rings. The minimum absolute atomic E-state index is 0.0549. The molecular weight excluding hydrogens is 280 g/mol. The number of ether oxygens (including phenoxy) is 1. The smallest absolute Gasteiger partial charge is 0.412 e. The summed E-state index contributed by atoms with van der Waals surface area (Å²) in [5.74, 6) is 0. The van der Waals surface area contributed by atoms with Gasteiger partial charge in [0.05, 0.1) is 4.90 Å². The molecule has 0 spiro atoms. The van der Waals surface area contributed by atoms with Crippen LogP contribution in [-0.2, 0) is 21.2 Å². The number of rotatable bonds is 3. The first kappa shape index (κ1) is 16.5. The molecule has 0 saturated heterocycles. The van der Waals surface area contributed by atoms with Crippen molar-refractivity contribution in [2.45, 2.75) is 44.6 Å². The van der Waals surface area contributed by atoms with Gasteiger partial charge in [0, 0.05) is 5.69 Å². The molecule has 6 nitrogen and oxygen atoms in total. The second-order valence-electron chi connectivity index (χ2n) is 5.34. The van der Waals surface area contributed by atoms with Gasteiger partial charge in [0.15, 0.2) is 0 Å². The highest BCUT2D eigenvalue weighted by Gasteiger charge is 2.18. The van der Waals surface area contributed by atoms with E-state index in [9.17, 15) is 13.2 Å². The Morgan fingerprint density at radius 1 is 1.35 bits per heavy atom. The van der Waals surface area contributed by atoms with Crippen molar-refractivity contribution < 1.29 is 17.9 Å². The lowest BCUT2D eigenvalue weighted by molar-refractivity contribution is 0.0635. The largest absolute Gasteiger partial charge is 0.444 e. The zero-order valence-electron chi connectivity index (χ0n) is 12.1. The number of aryl methyl sites for hydroxylation is 1. The number of nitrogens with two attached hydrogens (primary N) is 1. The van der Waals surface area contributed by atoms with Crippen molar-refractivity contribution in [1.29, 1.82) is 0 Å². The van der Waals surface area contributed by atoms with Crippen molar-refractivity contribution in [1.82, 2.24) is 0 Å². The second-order valence-corrected chi connectivity index (χ2v) is 6.91. The summed E-state index contributed by atoms with van der Waals surface area (Å²) in [5.41, 5.74) is 0.546. The Morgan fingerprint density at radius 2 is 1.95 bits per heavy atom. The maximum atomic E-state index is 11.7. The molecule has 1 aromatic carbocycles. The summed E-state index contributed by atoms with van der Waals surface area (Å²) in [6.45, 7) is 7.13. The van der Waals surface area contributed by atoms with Gasteiger partial charge in [0.1, 0.15) is 5.60 Å². The van der Waals surface area contributed by atoms with Gasteiger partial charge in [-0.2, -0.15) is 0 Å². The van der Waals surface area contributed by atoms with Gasteiger partial charge in [-0.15, -0.1) is 0 Å². The third-order valence-corrected chi connectivity index (χ3v) is 3.34. The molecule has 0 heterocycles. The number of carbonyl (C=O) groups excluding carboxylic acids is 1. The van der Waals surface area contributed by atoms with Crippen molar-refractivity contribution in [2.75, 3.05) is 5.32 Å². The molecule has 3 N–H and O–H groups in total. The fourth-order valence-corrected chi connectivity index (χ4v) is 2.11. The van der Waals surface area contributed by atoms with Gasteiger partial charge in [-0.05, 0) is 44.9 Å². The summed E-state index contributed by atoms with van der Waals surface area (Å²) in [7, 11) is -3.81. The molecule has 0 radical (unpaired) electrons. The molecule has 0 bridgehead atoms. The number of hydrogen-bond acceptors (Lipinski definition) is 4. The van der Waals surface area contributed by atoms with E-state index in [1.165, 1.54) is 12.1 Å². The van der Waals surface area contributed by atoms with E-state index < -0.39 is 21.7 Å². The Morgan fingerprint density at radius 3 is 2.40 bits per heavy atom. The molecule has 1 rings (SSSR count). The quantitative estimate of drug-likeness (QED) is 0.894. The SMILES string of the molecule is CCc1ccc(S(N)(=O)=O)cc1NC(=O)OC(C)(C)C. The van der Waals surface area contributed by atoms with E-state index in [-0.39, 0.29) is 4.90 Å². The van der Waals surface area contributed by atoms with E-state index in [0.29, 0.717) is 12.1 Å². The molecule has 1 aromatic rings. The van der Waals surface area contributed by atoms with E-state index in [0.717, 1.165) is 5.56 Å². The van der Waals surface area contributed by atoms with Crippen LogP contribution in [0.5, 0.6) is 0 Å². The Bertz CT molecular complexity index is 603. The predicted molar refractivity (Wildman–Crippen MR) is 77.0 cm³/mol. The van der Waals surface area contributed by atoms with Crippen LogP contribution in [0.15, 0.2) is 23.1 Å². The van der Waals surface area contributed by atoms with E-state index in [1.807, 2.05) is 6.92 Å². The van der Waals surface area contributed by atoms with Crippen LogP contribution in [0.3, 0.4) is 0 Å². The number of primary sulfonamides is 1. The molecule has 0 aliphatic heterocycles. The first-order valence-corrected chi connectivity index (χ1v) is 7.73. The van der Waals surface area contributed by atoms with Gasteiger partial charge in [-0.1, -0.05) is 13.0 Å². The molecule has 0 aromatic heterocycles. The summed E-state index contributed by atoms with van der Waals surface area (Å²) in [6.07, 6.45) is -0.00508. The number of hydrogen-bond donors (Lipinski definition) is 2. The second kappa shape index (κ2) is 5.80. The van der Waals surface area contributed by atoms with E-state index in [4.69, 9.17) is 9.88 Å². The van der Waals surface area contributed by atoms with Crippen LogP contribution >= 0.6 is 0 Å². The maximum Gasteiger partial charge on any atom is 0.412 e. The Hall–Kier alpha value is -1.60. The first-order valence-electron chi connectivity index (χ1n) is 6.18. The molecule has 0 unspecified atom stereocenters. The van der Waals surface area contributed by atoms with Crippen molar-refractivity contribution in [3.05, 3.63) is 23.8 Å². The summed E-state index contributed by atoms with van der Waals surface area (Å²) >= 11 is 0. The van der Waals surface area contributed by atoms with Crippen LogP contribution in [0.1, 0.15) is 33.3 Å². The monoisotopic (exact) mass is 300 g/mol. The number of nitrogens with one attached hydrogen (secondary N) is 1. The minimum Gasteiger partial charge on any atom is -0.444 e. The van der Waals surface area contributed by atoms with Gasteiger partial charge < -0.3 is 4.74 Å². The highest BCUT2D eigenvalue weighted by molar-refractivity contribution is 7.89. The zero-order chi connectivity index (χ0) is 15.6. The van der Waals surface area contributed by atoms with Crippen molar-refractivity contribution in [2.24, 2.45) is 5.14 Å². The van der Waals surface area contributed by atoms with Gasteiger partial charge in [0.2, 0.25) is 10.0 Å². The molecule has 0 saturated carbocycles. The summed E-state index contributed by atoms with van der Waals surface area (Å²) < 4.78 is 27.8. The van der Waals surface area contributed by atoms with Crippen LogP contribution in [0.4, 0.5) is 10.5 Å². The van der Waals surface area contributed by atoms with Crippen molar-refractivity contribution in [3.63, 3.8) is 0 Å². The fraction of sp³-hybridized carbons (Fsp3) is 0.462. The van der Waals surface area contributed by atoms with Crippen LogP contribution in [0.25, 0.3) is 0 Å². The Labute approximate surface area is 119 Å². The molecule has 20 heavy (non-hydrogen) atoms. The maximum absolute atomic E-state index is 11.7. The molecule has 0 atom stereocenters. The number of benzene rings is 1. The van der Waals surface area contributed by atoms with Crippen molar-refractivity contribution >= 4 is 21.8 Å². The normalized spacial score (nSPS) is 12.1. The topological polar surface area (TPSA) is 98.5 Å². The van der Waals surface area contributed by atoms with Crippen molar-refractivity contribution in [3.8, 4) is 0 Å². The fourth-order valence-electron chi connectivity index (χ4n) is 1.57. The van der Waals surface area contributed by atoms with Crippen LogP contribution in [0, 0.1) is 0 Å². The number of sulfonamides is 1. The van der Waals surface area contributed by atoms with Crippen LogP contribution < -0.4 is 10.5 Å². The van der Waals surface area contributed by atoms with E-state index >= 15 is 0 Å². The Kier molecular flexibility index (Phi) is 4.77. The van der Waals surface area contributed by atoms with Crippen LogP contribution in [-0.4, -0.2) is 20.1 Å². The molecule has 0 fully saturated rings. The standard InChI is InChI=1S/C13H20N2O4S/c1-5-9-6-7-10(20(14,17)18)8-11(9)15-12(16)19-13(2,3)4/h6-8H,5H2,1-4H3,(H,15,16)(H2,14,17,18). The number of amides is 1. The van der Waals surface area contributed by atoms with Gasteiger partial charge in [0.25, 0.3) is 0 Å². The summed E-state index contributed by atoms with van der Waals surface area (Å²) in [4.78, 5) is 11.7. The van der Waals surface area contributed by atoms with Crippen LogP contribution in [0.2, 0.25) is 0 Å². The average molecular weight is 300 g/mol. The van der Waals surface area contributed by atoms with E-state index in [1.54, 1.807) is 26.8 Å². The third-order valence-electron chi connectivity index (χ3n) is 2.43. The highest BCUT2D eigenvalue weighted by Crippen LogP contribution is 2.21. The Balaban J connectivity index is 3.07. The minimum atomic E-state index is -3.81. The molecule has 7 heteroatoms. The molecule has 112 valence electrons. The summed E-state index contributed by atoms with van der Waals surface area (Å²) in [5, 5.41) is 7.63.